The summed E-state index contributed by atoms with van der Waals surface area (Å²) in [6.07, 6.45) is 6.34. The molecule has 0 aromatic carbocycles. The van der Waals surface area contributed by atoms with Crippen molar-refractivity contribution in [2.45, 2.75) is 45.3 Å². The first-order valence-corrected chi connectivity index (χ1v) is 6.80. The van der Waals surface area contributed by atoms with Crippen LogP contribution < -0.4 is 5.32 Å². The Kier molecular flexibility index (Phi) is 4.07. The van der Waals surface area contributed by atoms with E-state index in [1.807, 2.05) is 19.6 Å². The molecule has 0 saturated carbocycles. The average Bonchev–Trinajstić information content (AvgIpc) is 2.72. The highest BCUT2D eigenvalue weighted by Gasteiger charge is 2.30. The Hall–Kier alpha value is -0.870. The lowest BCUT2D eigenvalue weighted by molar-refractivity contribution is -0.0332. The number of nitrogens with one attached hydrogen (secondary N) is 1. The summed E-state index contributed by atoms with van der Waals surface area (Å²) in [7, 11) is 2.04. The second-order valence-corrected chi connectivity index (χ2v) is 6.25. The van der Waals surface area contributed by atoms with E-state index in [2.05, 4.69) is 35.6 Å². The fraction of sp³-hybridized carbons (Fsp3) is 0.786. The fourth-order valence-corrected chi connectivity index (χ4v) is 2.46. The molecule has 0 aliphatic carbocycles. The fourth-order valence-electron chi connectivity index (χ4n) is 2.46. The van der Waals surface area contributed by atoms with Crippen molar-refractivity contribution in [1.29, 1.82) is 0 Å². The van der Waals surface area contributed by atoms with Gasteiger partial charge in [0.1, 0.15) is 6.10 Å². The molecule has 2 rings (SSSR count). The topological polar surface area (TPSA) is 39.1 Å². The maximum Gasteiger partial charge on any atom is 0.103 e. The molecule has 2 heterocycles. The van der Waals surface area contributed by atoms with Gasteiger partial charge in [-0.05, 0) is 33.6 Å². The molecule has 1 aromatic heterocycles. The van der Waals surface area contributed by atoms with E-state index in [1.165, 1.54) is 12.1 Å². The van der Waals surface area contributed by atoms with Crippen molar-refractivity contribution in [3.05, 3.63) is 18.2 Å². The minimum absolute atomic E-state index is 0.161. The molecule has 4 nitrogen and oxygen atoms in total. The number of aryl methyl sites for hydroxylation is 1. The monoisotopic (exact) mass is 251 g/mol. The molecule has 1 aliphatic rings. The van der Waals surface area contributed by atoms with Crippen molar-refractivity contribution >= 4 is 0 Å². The quantitative estimate of drug-likeness (QED) is 0.895. The van der Waals surface area contributed by atoms with Gasteiger partial charge >= 0.3 is 0 Å². The van der Waals surface area contributed by atoms with Crippen molar-refractivity contribution in [3.8, 4) is 0 Å². The number of hydrogen-bond donors (Lipinski definition) is 1. The second kappa shape index (κ2) is 5.41. The van der Waals surface area contributed by atoms with Crippen molar-refractivity contribution in [3.63, 3.8) is 0 Å². The van der Waals surface area contributed by atoms with Crippen molar-refractivity contribution in [2.24, 2.45) is 13.0 Å². The van der Waals surface area contributed by atoms with Crippen molar-refractivity contribution in [2.75, 3.05) is 13.2 Å². The lowest BCUT2D eigenvalue weighted by Crippen LogP contribution is -2.42. The molecule has 2 atom stereocenters. The van der Waals surface area contributed by atoms with E-state index in [4.69, 9.17) is 4.74 Å². The van der Waals surface area contributed by atoms with Gasteiger partial charge in [0.15, 0.2) is 0 Å². The van der Waals surface area contributed by atoms with Gasteiger partial charge in [-0.2, -0.15) is 0 Å². The number of imidazole rings is 1. The normalized spacial score (nSPS) is 25.3. The number of rotatable bonds is 3. The molecule has 0 radical (unpaired) electrons. The summed E-state index contributed by atoms with van der Waals surface area (Å²) in [5, 5.41) is 3.59. The molecular weight excluding hydrogens is 226 g/mol. The van der Waals surface area contributed by atoms with Gasteiger partial charge in [-0.1, -0.05) is 0 Å². The number of ether oxygens (including phenoxy) is 1. The van der Waals surface area contributed by atoms with Gasteiger partial charge in [0, 0.05) is 31.7 Å². The Morgan fingerprint density at radius 2 is 2.28 bits per heavy atom. The van der Waals surface area contributed by atoms with E-state index in [1.54, 1.807) is 0 Å². The van der Waals surface area contributed by atoms with Crippen LogP contribution in [0.1, 0.15) is 45.4 Å². The molecule has 18 heavy (non-hydrogen) atoms. The van der Waals surface area contributed by atoms with Gasteiger partial charge < -0.3 is 14.6 Å². The van der Waals surface area contributed by atoms with Crippen molar-refractivity contribution < 1.29 is 4.74 Å². The van der Waals surface area contributed by atoms with Crippen molar-refractivity contribution in [1.82, 2.24) is 14.9 Å². The van der Waals surface area contributed by atoms with Crippen LogP contribution >= 0.6 is 0 Å². The van der Waals surface area contributed by atoms with Crippen LogP contribution in [-0.4, -0.2) is 28.2 Å². The predicted octanol–water partition coefficient (Wildman–Crippen LogP) is 2.28. The Labute approximate surface area is 110 Å². The predicted molar refractivity (Wildman–Crippen MR) is 72.4 cm³/mol. The standard InChI is InChI=1S/C14H25N3O/c1-14(2,3)16-8-11-6-5-7-18-13(11)12-9-15-10-17(12)4/h9-11,13,16H,5-8H2,1-4H3. The van der Waals surface area contributed by atoms with Crippen LogP contribution in [0.2, 0.25) is 0 Å². The Morgan fingerprint density at radius 3 is 2.89 bits per heavy atom. The number of aromatic nitrogens is 2. The maximum absolute atomic E-state index is 5.98. The highest BCUT2D eigenvalue weighted by molar-refractivity contribution is 5.05. The van der Waals surface area contributed by atoms with Crippen LogP contribution in [0.4, 0.5) is 0 Å². The molecule has 1 fully saturated rings. The van der Waals surface area contributed by atoms with Gasteiger partial charge in [0.05, 0.1) is 18.2 Å². The van der Waals surface area contributed by atoms with E-state index < -0.39 is 0 Å². The Bertz CT molecular complexity index is 381. The molecule has 1 saturated heterocycles. The molecule has 0 spiro atoms. The molecule has 1 N–H and O–H groups in total. The van der Waals surface area contributed by atoms with Crippen LogP contribution in [-0.2, 0) is 11.8 Å². The summed E-state index contributed by atoms with van der Waals surface area (Å²) in [6.45, 7) is 8.47. The third kappa shape index (κ3) is 3.33. The summed E-state index contributed by atoms with van der Waals surface area (Å²) in [6, 6.07) is 0. The third-order valence-corrected chi connectivity index (χ3v) is 3.48. The van der Waals surface area contributed by atoms with E-state index >= 15 is 0 Å². The Balaban J connectivity index is 2.05. The van der Waals surface area contributed by atoms with Gasteiger partial charge in [-0.15, -0.1) is 0 Å². The zero-order chi connectivity index (χ0) is 13.2. The minimum Gasteiger partial charge on any atom is -0.372 e. The molecule has 2 unspecified atom stereocenters. The summed E-state index contributed by atoms with van der Waals surface area (Å²) in [5.74, 6) is 0.536. The van der Waals surface area contributed by atoms with Crippen LogP contribution in [0.3, 0.4) is 0 Å². The summed E-state index contributed by atoms with van der Waals surface area (Å²) >= 11 is 0. The first-order chi connectivity index (χ1) is 8.47. The molecular formula is C14H25N3O. The smallest absolute Gasteiger partial charge is 0.103 e. The molecule has 1 aliphatic heterocycles. The first kappa shape index (κ1) is 13.6. The maximum atomic E-state index is 5.98. The third-order valence-electron chi connectivity index (χ3n) is 3.48. The van der Waals surface area contributed by atoms with E-state index in [0.29, 0.717) is 5.92 Å². The average molecular weight is 251 g/mol. The zero-order valence-corrected chi connectivity index (χ0v) is 11.9. The lowest BCUT2D eigenvalue weighted by Gasteiger charge is -2.34. The van der Waals surface area contributed by atoms with Crippen LogP contribution in [0.15, 0.2) is 12.5 Å². The van der Waals surface area contributed by atoms with Gasteiger partial charge in [-0.3, -0.25) is 0 Å². The van der Waals surface area contributed by atoms with Crippen LogP contribution in [0, 0.1) is 5.92 Å². The summed E-state index contributed by atoms with van der Waals surface area (Å²) in [4.78, 5) is 4.20. The first-order valence-electron chi connectivity index (χ1n) is 6.80. The molecule has 0 amide bonds. The highest BCUT2D eigenvalue weighted by Crippen LogP contribution is 2.33. The molecule has 102 valence electrons. The Morgan fingerprint density at radius 1 is 1.50 bits per heavy atom. The van der Waals surface area contributed by atoms with E-state index in [-0.39, 0.29) is 11.6 Å². The summed E-state index contributed by atoms with van der Waals surface area (Å²) < 4.78 is 8.05. The van der Waals surface area contributed by atoms with Crippen LogP contribution in [0.5, 0.6) is 0 Å². The number of hydrogen-bond acceptors (Lipinski definition) is 3. The zero-order valence-electron chi connectivity index (χ0n) is 11.9. The minimum atomic E-state index is 0.161. The molecule has 4 heteroatoms. The lowest BCUT2D eigenvalue weighted by atomic mass is 9.91. The van der Waals surface area contributed by atoms with E-state index in [0.717, 1.165) is 19.6 Å². The van der Waals surface area contributed by atoms with E-state index in [9.17, 15) is 0 Å². The van der Waals surface area contributed by atoms with Gasteiger partial charge in [0.25, 0.3) is 0 Å². The van der Waals surface area contributed by atoms with Crippen LogP contribution in [0.25, 0.3) is 0 Å². The summed E-state index contributed by atoms with van der Waals surface area (Å²) in [5.41, 5.74) is 1.35. The molecule has 1 aromatic rings. The number of nitrogens with zero attached hydrogens (tertiary/aromatic N) is 2. The largest absolute Gasteiger partial charge is 0.372 e. The second-order valence-electron chi connectivity index (χ2n) is 6.25. The SMILES string of the molecule is Cn1cncc1C1OCCCC1CNC(C)(C)C. The van der Waals surface area contributed by atoms with Gasteiger partial charge in [0.2, 0.25) is 0 Å². The molecule has 0 bridgehead atoms. The highest BCUT2D eigenvalue weighted by atomic mass is 16.5. The van der Waals surface area contributed by atoms with Gasteiger partial charge in [-0.25, -0.2) is 4.98 Å².